The molecular weight excluding hydrogens is 275 g/mol. The molecule has 1 aliphatic heterocycles. The van der Waals surface area contributed by atoms with Gasteiger partial charge in [0.15, 0.2) is 5.16 Å². The van der Waals surface area contributed by atoms with E-state index < -0.39 is 12.1 Å². The number of rotatable bonds is 2. The number of halogens is 3. The third-order valence-corrected chi connectivity index (χ3v) is 3.76. The fourth-order valence-corrected chi connectivity index (χ4v) is 2.65. The van der Waals surface area contributed by atoms with Crippen molar-refractivity contribution in [2.75, 3.05) is 24.2 Å². The van der Waals surface area contributed by atoms with E-state index in [4.69, 9.17) is 0 Å². The first kappa shape index (κ1) is 14.4. The predicted molar refractivity (Wildman–Crippen MR) is 69.5 cm³/mol. The van der Waals surface area contributed by atoms with Crippen molar-refractivity contribution in [2.24, 2.45) is 5.92 Å². The van der Waals surface area contributed by atoms with Crippen LogP contribution in [-0.4, -0.2) is 35.5 Å². The Morgan fingerprint density at radius 2 is 2.11 bits per heavy atom. The van der Waals surface area contributed by atoms with E-state index in [0.29, 0.717) is 23.9 Å². The molecule has 0 aliphatic carbocycles. The molecule has 1 fully saturated rings. The molecule has 0 spiro atoms. The van der Waals surface area contributed by atoms with Gasteiger partial charge in [0.05, 0.1) is 5.92 Å². The first-order valence-electron chi connectivity index (χ1n) is 6.11. The number of aryl methyl sites for hydroxylation is 1. The highest BCUT2D eigenvalue weighted by Crippen LogP contribution is 2.34. The van der Waals surface area contributed by atoms with Crippen molar-refractivity contribution in [2.45, 2.75) is 31.1 Å². The Balaban J connectivity index is 2.19. The minimum absolute atomic E-state index is 0.00618. The Bertz CT molecular complexity index is 450. The Morgan fingerprint density at radius 1 is 1.37 bits per heavy atom. The van der Waals surface area contributed by atoms with Gasteiger partial charge in [0.2, 0.25) is 0 Å². The van der Waals surface area contributed by atoms with Crippen LogP contribution < -0.4 is 4.90 Å². The molecule has 1 atom stereocenters. The predicted octanol–water partition coefficient (Wildman–Crippen LogP) is 3.29. The van der Waals surface area contributed by atoms with Gasteiger partial charge in [-0.15, -0.1) is 0 Å². The summed E-state index contributed by atoms with van der Waals surface area (Å²) in [5.41, 5.74) is 0.781. The lowest BCUT2D eigenvalue weighted by Gasteiger charge is -2.34. The molecule has 1 unspecified atom stereocenters. The molecule has 1 aromatic heterocycles. The summed E-state index contributed by atoms with van der Waals surface area (Å²) in [6, 6.07) is 1.75. The van der Waals surface area contributed by atoms with Gasteiger partial charge in [0.1, 0.15) is 5.82 Å². The highest BCUT2D eigenvalue weighted by Gasteiger charge is 2.42. The largest absolute Gasteiger partial charge is 0.393 e. The number of piperidine rings is 1. The summed E-state index contributed by atoms with van der Waals surface area (Å²) >= 11 is 1.40. The molecule has 19 heavy (non-hydrogen) atoms. The van der Waals surface area contributed by atoms with E-state index in [1.165, 1.54) is 11.8 Å². The standard InChI is InChI=1S/C12H16F3N3S/c1-8-6-10(17-11(16-8)19-2)18-5-3-4-9(7-18)12(13,14)15/h6,9H,3-5,7H2,1-2H3. The summed E-state index contributed by atoms with van der Waals surface area (Å²) in [4.78, 5) is 10.2. The number of hydrogen-bond donors (Lipinski definition) is 0. The first-order valence-corrected chi connectivity index (χ1v) is 7.34. The maximum absolute atomic E-state index is 12.8. The molecule has 0 saturated carbocycles. The molecule has 1 saturated heterocycles. The normalized spacial score (nSPS) is 20.7. The van der Waals surface area contributed by atoms with Crippen LogP contribution in [-0.2, 0) is 0 Å². The average molecular weight is 291 g/mol. The van der Waals surface area contributed by atoms with Gasteiger partial charge >= 0.3 is 6.18 Å². The third-order valence-electron chi connectivity index (χ3n) is 3.21. The van der Waals surface area contributed by atoms with Crippen LogP contribution in [0.2, 0.25) is 0 Å². The van der Waals surface area contributed by atoms with Crippen LogP contribution in [0, 0.1) is 12.8 Å². The summed E-state index contributed by atoms with van der Waals surface area (Å²) in [6.45, 7) is 2.45. The van der Waals surface area contributed by atoms with E-state index in [9.17, 15) is 13.2 Å². The topological polar surface area (TPSA) is 29.0 Å². The van der Waals surface area contributed by atoms with Crippen molar-refractivity contribution in [3.63, 3.8) is 0 Å². The number of anilines is 1. The maximum atomic E-state index is 12.8. The molecule has 1 aromatic rings. The second-order valence-electron chi connectivity index (χ2n) is 4.68. The quantitative estimate of drug-likeness (QED) is 0.617. The number of alkyl halides is 3. The van der Waals surface area contributed by atoms with Gasteiger partial charge < -0.3 is 4.90 Å². The average Bonchev–Trinajstić information content (AvgIpc) is 2.37. The van der Waals surface area contributed by atoms with Crippen molar-refractivity contribution >= 4 is 17.6 Å². The molecule has 7 heteroatoms. The van der Waals surface area contributed by atoms with Crippen molar-refractivity contribution in [1.82, 2.24) is 9.97 Å². The van der Waals surface area contributed by atoms with Crippen molar-refractivity contribution in [3.05, 3.63) is 11.8 Å². The Morgan fingerprint density at radius 3 is 2.74 bits per heavy atom. The number of thioether (sulfide) groups is 1. The van der Waals surface area contributed by atoms with E-state index in [-0.39, 0.29) is 13.0 Å². The molecule has 0 amide bonds. The van der Waals surface area contributed by atoms with Gasteiger partial charge in [-0.3, -0.25) is 0 Å². The second-order valence-corrected chi connectivity index (χ2v) is 5.45. The van der Waals surface area contributed by atoms with Gasteiger partial charge in [-0.2, -0.15) is 13.2 Å². The number of nitrogens with zero attached hydrogens (tertiary/aromatic N) is 3. The van der Waals surface area contributed by atoms with E-state index >= 15 is 0 Å². The summed E-state index contributed by atoms with van der Waals surface area (Å²) < 4.78 is 38.4. The van der Waals surface area contributed by atoms with Crippen LogP contribution >= 0.6 is 11.8 Å². The fourth-order valence-electron chi connectivity index (χ4n) is 2.23. The van der Waals surface area contributed by atoms with Crippen LogP contribution in [0.25, 0.3) is 0 Å². The van der Waals surface area contributed by atoms with Crippen LogP contribution in [0.1, 0.15) is 18.5 Å². The summed E-state index contributed by atoms with van der Waals surface area (Å²) in [5.74, 6) is -0.653. The van der Waals surface area contributed by atoms with Gasteiger partial charge in [-0.05, 0) is 26.0 Å². The molecule has 2 rings (SSSR count). The maximum Gasteiger partial charge on any atom is 0.393 e. The lowest BCUT2D eigenvalue weighted by molar-refractivity contribution is -0.176. The van der Waals surface area contributed by atoms with Crippen LogP contribution in [0.4, 0.5) is 19.0 Å². The lowest BCUT2D eigenvalue weighted by atomic mass is 9.97. The molecule has 0 aromatic carbocycles. The Hall–Kier alpha value is -0.980. The fraction of sp³-hybridized carbons (Fsp3) is 0.667. The number of aromatic nitrogens is 2. The summed E-state index contributed by atoms with van der Waals surface area (Å²) in [6.07, 6.45) is -1.52. The minimum atomic E-state index is -4.12. The van der Waals surface area contributed by atoms with Gasteiger partial charge in [0.25, 0.3) is 0 Å². The molecule has 0 radical (unpaired) electrons. The van der Waals surface area contributed by atoms with E-state index in [2.05, 4.69) is 9.97 Å². The zero-order valence-corrected chi connectivity index (χ0v) is 11.7. The monoisotopic (exact) mass is 291 g/mol. The first-order chi connectivity index (χ1) is 8.90. The van der Waals surface area contributed by atoms with Crippen molar-refractivity contribution in [1.29, 1.82) is 0 Å². The van der Waals surface area contributed by atoms with Crippen LogP contribution in [0.3, 0.4) is 0 Å². The third kappa shape index (κ3) is 3.52. The molecule has 0 bridgehead atoms. The SMILES string of the molecule is CSc1nc(C)cc(N2CCCC(C(F)(F)F)C2)n1. The van der Waals surface area contributed by atoms with E-state index in [0.717, 1.165) is 5.69 Å². The zero-order chi connectivity index (χ0) is 14.0. The summed E-state index contributed by atoms with van der Waals surface area (Å²) in [5, 5.41) is 0.601. The lowest BCUT2D eigenvalue weighted by Crippen LogP contribution is -2.42. The van der Waals surface area contributed by atoms with E-state index in [1.54, 1.807) is 11.0 Å². The highest BCUT2D eigenvalue weighted by atomic mass is 32.2. The summed E-state index contributed by atoms with van der Waals surface area (Å²) in [7, 11) is 0. The molecule has 2 heterocycles. The molecule has 3 nitrogen and oxygen atoms in total. The smallest absolute Gasteiger partial charge is 0.356 e. The van der Waals surface area contributed by atoms with Crippen LogP contribution in [0.5, 0.6) is 0 Å². The van der Waals surface area contributed by atoms with Crippen LogP contribution in [0.15, 0.2) is 11.2 Å². The number of hydrogen-bond acceptors (Lipinski definition) is 4. The molecule has 106 valence electrons. The van der Waals surface area contributed by atoms with Gasteiger partial charge in [0, 0.05) is 24.8 Å². The Labute approximate surface area is 114 Å². The second kappa shape index (κ2) is 5.56. The molecule has 1 aliphatic rings. The van der Waals surface area contributed by atoms with E-state index in [1.807, 2.05) is 13.2 Å². The highest BCUT2D eigenvalue weighted by molar-refractivity contribution is 7.98. The van der Waals surface area contributed by atoms with Crippen molar-refractivity contribution in [3.8, 4) is 0 Å². The zero-order valence-electron chi connectivity index (χ0n) is 10.9. The minimum Gasteiger partial charge on any atom is -0.356 e. The van der Waals surface area contributed by atoms with Gasteiger partial charge in [-0.25, -0.2) is 9.97 Å². The molecular formula is C12H16F3N3S. The molecule has 0 N–H and O–H groups in total. The van der Waals surface area contributed by atoms with Gasteiger partial charge in [-0.1, -0.05) is 11.8 Å². The van der Waals surface area contributed by atoms with Crippen molar-refractivity contribution < 1.29 is 13.2 Å². The Kier molecular flexibility index (Phi) is 4.23.